The van der Waals surface area contributed by atoms with Crippen LogP contribution in [0.2, 0.25) is 0 Å². The van der Waals surface area contributed by atoms with Crippen LogP contribution in [0.3, 0.4) is 0 Å². The molecule has 0 heterocycles. The number of aliphatic hydroxyl groups excluding tert-OH is 2. The summed E-state index contributed by atoms with van der Waals surface area (Å²) in [6, 6.07) is 5.27. The van der Waals surface area contributed by atoms with Gasteiger partial charge in [0.25, 0.3) is 5.91 Å². The first-order valence-corrected chi connectivity index (χ1v) is 14.3. The summed E-state index contributed by atoms with van der Waals surface area (Å²) in [7, 11) is 1.20. The van der Waals surface area contributed by atoms with E-state index in [4.69, 9.17) is 21.0 Å². The van der Waals surface area contributed by atoms with Gasteiger partial charge in [0.05, 0.1) is 24.9 Å². The number of nitrogens with one attached hydrogen (secondary N) is 2. The standard InChI is InChI=1S/C27H36N2O6.C7H12O/c1-9-21(30)18(2)12-10-11-13-19-14-16-20(17-15-19)23(31)28-22(24(32)34-8)27(6,7)29-25(33)35-26(3,4)5;1-4-6(3)7(8)5-2/h14-18,21-22,30H,9H2,1-8H3,(H,28,31)(H,29,33);1,6-8H,5H2,2-3H3/t18?,21?,22-;/m1./s1. The zero-order valence-electron chi connectivity index (χ0n) is 27.1. The predicted molar refractivity (Wildman–Crippen MR) is 168 cm³/mol. The Morgan fingerprint density at radius 2 is 1.47 bits per heavy atom. The summed E-state index contributed by atoms with van der Waals surface area (Å²) in [6.45, 7) is 15.8. The van der Waals surface area contributed by atoms with E-state index in [0.717, 1.165) is 6.42 Å². The number of amides is 2. The van der Waals surface area contributed by atoms with Gasteiger partial charge in [-0.15, -0.1) is 12.3 Å². The summed E-state index contributed by atoms with van der Waals surface area (Å²) in [5.74, 6) is 12.3. The quantitative estimate of drug-likeness (QED) is 0.250. The normalized spacial score (nSPS) is 14.1. The van der Waals surface area contributed by atoms with Crippen LogP contribution in [0, 0.1) is 47.9 Å². The van der Waals surface area contributed by atoms with Crippen molar-refractivity contribution in [3.05, 3.63) is 35.4 Å². The zero-order valence-corrected chi connectivity index (χ0v) is 27.1. The molecule has 4 unspecified atom stereocenters. The van der Waals surface area contributed by atoms with E-state index in [1.54, 1.807) is 58.9 Å². The second-order valence-electron chi connectivity index (χ2n) is 11.6. The Morgan fingerprint density at radius 3 is 1.91 bits per heavy atom. The molecule has 0 bridgehead atoms. The summed E-state index contributed by atoms with van der Waals surface area (Å²) in [6.07, 6.45) is 4.87. The summed E-state index contributed by atoms with van der Waals surface area (Å²) < 4.78 is 10.1. The van der Waals surface area contributed by atoms with Crippen LogP contribution < -0.4 is 10.6 Å². The van der Waals surface area contributed by atoms with E-state index in [2.05, 4.69) is 40.2 Å². The number of methoxy groups -OCH3 is 1. The maximum atomic E-state index is 12.8. The maximum Gasteiger partial charge on any atom is 0.408 e. The lowest BCUT2D eigenvalue weighted by Crippen LogP contribution is -2.62. The van der Waals surface area contributed by atoms with E-state index in [9.17, 15) is 19.5 Å². The average molecular weight is 597 g/mol. The molecule has 0 spiro atoms. The molecule has 0 aliphatic heterocycles. The van der Waals surface area contributed by atoms with Crippen LogP contribution in [0.15, 0.2) is 24.3 Å². The third-order valence-electron chi connectivity index (χ3n) is 6.23. The van der Waals surface area contributed by atoms with Crippen molar-refractivity contribution in [2.45, 2.75) is 105 Å². The van der Waals surface area contributed by atoms with Crippen molar-refractivity contribution >= 4 is 18.0 Å². The van der Waals surface area contributed by atoms with Gasteiger partial charge in [-0.2, -0.15) is 0 Å². The highest BCUT2D eigenvalue weighted by Crippen LogP contribution is 2.15. The molecule has 9 nitrogen and oxygen atoms in total. The first kappa shape index (κ1) is 39.0. The van der Waals surface area contributed by atoms with Gasteiger partial charge in [0, 0.05) is 23.0 Å². The Kier molecular flexibility index (Phi) is 16.8. The van der Waals surface area contributed by atoms with E-state index < -0.39 is 41.3 Å². The third-order valence-corrected chi connectivity index (χ3v) is 6.23. The minimum Gasteiger partial charge on any atom is -0.467 e. The van der Waals surface area contributed by atoms with Crippen LogP contribution in [0.5, 0.6) is 0 Å². The monoisotopic (exact) mass is 596 g/mol. The number of carbonyl (C=O) groups is 3. The molecule has 0 fully saturated rings. The number of ether oxygens (including phenoxy) is 2. The molecule has 1 aromatic rings. The summed E-state index contributed by atoms with van der Waals surface area (Å²) in [4.78, 5) is 37.5. The Hall–Kier alpha value is -3.97. The fraction of sp³-hybridized carbons (Fsp3) is 0.559. The highest BCUT2D eigenvalue weighted by Gasteiger charge is 2.39. The number of esters is 1. The van der Waals surface area contributed by atoms with Gasteiger partial charge in [0.1, 0.15) is 11.6 Å². The van der Waals surface area contributed by atoms with E-state index >= 15 is 0 Å². The van der Waals surface area contributed by atoms with Crippen molar-refractivity contribution in [3.8, 4) is 36.0 Å². The van der Waals surface area contributed by atoms with Gasteiger partial charge in [0.2, 0.25) is 0 Å². The number of terminal acetylenes is 1. The number of aliphatic hydroxyl groups is 2. The first-order valence-electron chi connectivity index (χ1n) is 14.3. The molecule has 0 radical (unpaired) electrons. The van der Waals surface area contributed by atoms with Crippen molar-refractivity contribution in [3.63, 3.8) is 0 Å². The second-order valence-corrected chi connectivity index (χ2v) is 11.6. The number of hydrogen-bond acceptors (Lipinski definition) is 7. The van der Waals surface area contributed by atoms with Crippen LogP contribution in [0.25, 0.3) is 0 Å². The molecule has 1 rings (SSSR count). The Balaban J connectivity index is 0.00000192. The van der Waals surface area contributed by atoms with Crippen molar-refractivity contribution in [1.29, 1.82) is 0 Å². The maximum absolute atomic E-state index is 12.8. The van der Waals surface area contributed by atoms with Crippen molar-refractivity contribution in [2.75, 3.05) is 7.11 Å². The highest BCUT2D eigenvalue weighted by atomic mass is 16.6. The van der Waals surface area contributed by atoms with Gasteiger partial charge >= 0.3 is 12.1 Å². The molecule has 1 aromatic carbocycles. The average Bonchev–Trinajstić information content (AvgIpc) is 2.95. The van der Waals surface area contributed by atoms with Gasteiger partial charge < -0.3 is 30.3 Å². The number of alkyl carbamates (subject to hydrolysis) is 1. The van der Waals surface area contributed by atoms with E-state index in [0.29, 0.717) is 17.5 Å². The molecule has 0 saturated carbocycles. The predicted octanol–water partition coefficient (Wildman–Crippen LogP) is 4.05. The second kappa shape index (κ2) is 18.5. The summed E-state index contributed by atoms with van der Waals surface area (Å²) >= 11 is 0. The molecule has 0 aliphatic carbocycles. The van der Waals surface area contributed by atoms with Gasteiger partial charge in [-0.3, -0.25) is 4.79 Å². The Labute approximate surface area is 257 Å². The fourth-order valence-corrected chi connectivity index (χ4v) is 3.38. The fourth-order valence-electron chi connectivity index (χ4n) is 3.38. The number of benzene rings is 1. The zero-order chi connectivity index (χ0) is 33.4. The topological polar surface area (TPSA) is 134 Å². The molecule has 5 atom stereocenters. The lowest BCUT2D eigenvalue weighted by Gasteiger charge is -2.34. The van der Waals surface area contributed by atoms with Crippen LogP contribution >= 0.6 is 0 Å². The number of carbonyl (C=O) groups excluding carboxylic acids is 3. The van der Waals surface area contributed by atoms with E-state index in [1.807, 2.05) is 27.7 Å². The molecule has 43 heavy (non-hydrogen) atoms. The van der Waals surface area contributed by atoms with Gasteiger partial charge in [-0.1, -0.05) is 25.7 Å². The van der Waals surface area contributed by atoms with Crippen LogP contribution in [-0.4, -0.2) is 64.7 Å². The molecule has 9 heteroatoms. The van der Waals surface area contributed by atoms with Crippen molar-refractivity contribution in [2.24, 2.45) is 11.8 Å². The Bertz CT molecular complexity index is 1220. The molecular formula is C34H48N2O7. The number of rotatable bonds is 9. The molecule has 0 saturated heterocycles. The minimum absolute atomic E-state index is 0.000000000000000444. The van der Waals surface area contributed by atoms with Crippen LogP contribution in [-0.2, 0) is 14.3 Å². The minimum atomic E-state index is -1.21. The Morgan fingerprint density at radius 1 is 0.930 bits per heavy atom. The first-order chi connectivity index (χ1) is 19.9. The van der Waals surface area contributed by atoms with E-state index in [-0.39, 0.29) is 17.9 Å². The van der Waals surface area contributed by atoms with Gasteiger partial charge in [-0.05, 0) is 97.4 Å². The van der Waals surface area contributed by atoms with Gasteiger partial charge in [0.15, 0.2) is 0 Å². The molecule has 0 aromatic heterocycles. The highest BCUT2D eigenvalue weighted by molar-refractivity contribution is 5.97. The van der Waals surface area contributed by atoms with Crippen LogP contribution in [0.1, 0.15) is 91.1 Å². The van der Waals surface area contributed by atoms with Crippen LogP contribution in [0.4, 0.5) is 4.79 Å². The SMILES string of the molecule is C#CC(C)C(O)CC.CCC(O)C(C)C#CC#Cc1ccc(C(=O)N[C@H](C(=O)OC)C(C)(C)NC(=O)OC(C)(C)C)cc1. The molecular weight excluding hydrogens is 548 g/mol. The summed E-state index contributed by atoms with van der Waals surface area (Å²) in [5.41, 5.74) is -0.994. The van der Waals surface area contributed by atoms with E-state index in [1.165, 1.54) is 7.11 Å². The summed E-state index contributed by atoms with van der Waals surface area (Å²) in [5, 5.41) is 24.0. The largest absolute Gasteiger partial charge is 0.467 e. The third kappa shape index (κ3) is 15.2. The lowest BCUT2D eigenvalue weighted by atomic mass is 9.94. The lowest BCUT2D eigenvalue weighted by molar-refractivity contribution is -0.144. The van der Waals surface area contributed by atoms with Crippen molar-refractivity contribution in [1.82, 2.24) is 10.6 Å². The molecule has 0 aliphatic rings. The number of hydrogen-bond donors (Lipinski definition) is 4. The molecule has 2 amide bonds. The molecule has 236 valence electrons. The molecule has 4 N–H and O–H groups in total. The smallest absolute Gasteiger partial charge is 0.408 e. The van der Waals surface area contributed by atoms with Crippen molar-refractivity contribution < 1.29 is 34.1 Å². The van der Waals surface area contributed by atoms with Gasteiger partial charge in [-0.25, -0.2) is 9.59 Å².